The van der Waals surface area contributed by atoms with Gasteiger partial charge >= 0.3 is 0 Å². The van der Waals surface area contributed by atoms with Crippen LogP contribution < -0.4 is 0 Å². The molecule has 0 aliphatic rings. The molecule has 0 bridgehead atoms. The van der Waals surface area contributed by atoms with Gasteiger partial charge in [-0.25, -0.2) is 9.97 Å². The van der Waals surface area contributed by atoms with Crippen LogP contribution in [0.15, 0.2) is 25.0 Å². The van der Waals surface area contributed by atoms with Crippen molar-refractivity contribution in [3.8, 4) is 5.82 Å². The monoisotopic (exact) mass is 133 g/mol. The van der Waals surface area contributed by atoms with E-state index in [1.165, 1.54) is 0 Å². The first-order valence-electron chi connectivity index (χ1n) is 2.86. The van der Waals surface area contributed by atoms with Crippen molar-refractivity contribution in [2.45, 2.75) is 0 Å². The van der Waals surface area contributed by atoms with E-state index in [0.717, 1.165) is 5.82 Å². The normalized spacial score (nSPS) is 10.0. The number of aromatic amines is 1. The van der Waals surface area contributed by atoms with Gasteiger partial charge in [-0.15, -0.1) is 0 Å². The number of hydrogen-bond donors (Lipinski definition) is 1. The van der Waals surface area contributed by atoms with Gasteiger partial charge in [-0.05, 0) is 0 Å². The van der Waals surface area contributed by atoms with Gasteiger partial charge < -0.3 is 4.98 Å². The Morgan fingerprint density at radius 2 is 2.60 bits per heavy atom. The van der Waals surface area contributed by atoms with Gasteiger partial charge in [0, 0.05) is 6.20 Å². The van der Waals surface area contributed by atoms with Crippen molar-refractivity contribution >= 4 is 0 Å². The molecule has 0 saturated heterocycles. The standard InChI is InChI=1S/C6H5N4/c1-2-10(5-7-1)6-3-8-4-9-6/h1,3-5H,(H,8,9). The Hall–Kier alpha value is -1.58. The summed E-state index contributed by atoms with van der Waals surface area (Å²) >= 11 is 0. The third-order valence-corrected chi connectivity index (χ3v) is 1.18. The van der Waals surface area contributed by atoms with Crippen LogP contribution in [0.3, 0.4) is 0 Å². The lowest BCUT2D eigenvalue weighted by Gasteiger charge is -1.89. The molecule has 0 amide bonds. The second kappa shape index (κ2) is 1.98. The Balaban J connectivity index is 2.48. The molecule has 1 radical (unpaired) electrons. The molecule has 4 heteroatoms. The summed E-state index contributed by atoms with van der Waals surface area (Å²) in [5.74, 6) is 0.803. The first kappa shape index (κ1) is 5.22. The van der Waals surface area contributed by atoms with Crippen LogP contribution in [0, 0.1) is 6.20 Å². The van der Waals surface area contributed by atoms with E-state index >= 15 is 0 Å². The summed E-state index contributed by atoms with van der Waals surface area (Å²) in [6.45, 7) is 0. The molecular formula is C6H5N4. The highest BCUT2D eigenvalue weighted by Crippen LogP contribution is 1.97. The van der Waals surface area contributed by atoms with E-state index in [2.05, 4.69) is 21.1 Å². The Kier molecular flexibility index (Phi) is 1.04. The highest BCUT2D eigenvalue weighted by Gasteiger charge is 1.93. The molecule has 0 atom stereocenters. The molecule has 4 nitrogen and oxygen atoms in total. The first-order valence-corrected chi connectivity index (χ1v) is 2.86. The maximum Gasteiger partial charge on any atom is 0.156 e. The minimum absolute atomic E-state index is 0.803. The minimum atomic E-state index is 0.803. The molecule has 0 aromatic carbocycles. The molecule has 0 unspecified atom stereocenters. The zero-order valence-corrected chi connectivity index (χ0v) is 5.15. The molecule has 0 fully saturated rings. The maximum absolute atomic E-state index is 3.99. The van der Waals surface area contributed by atoms with Crippen LogP contribution in [0.4, 0.5) is 0 Å². The summed E-state index contributed by atoms with van der Waals surface area (Å²) in [5, 5.41) is 0. The number of rotatable bonds is 1. The van der Waals surface area contributed by atoms with E-state index in [1.807, 2.05) is 0 Å². The van der Waals surface area contributed by atoms with Crippen molar-refractivity contribution < 1.29 is 0 Å². The minimum Gasteiger partial charge on any atom is -0.349 e. The molecule has 0 saturated carbocycles. The molecule has 10 heavy (non-hydrogen) atoms. The predicted octanol–water partition coefficient (Wildman–Crippen LogP) is 0.396. The van der Waals surface area contributed by atoms with E-state index in [-0.39, 0.29) is 0 Å². The lowest BCUT2D eigenvalue weighted by atomic mass is 10.7. The smallest absolute Gasteiger partial charge is 0.156 e. The molecule has 49 valence electrons. The Morgan fingerprint density at radius 3 is 3.20 bits per heavy atom. The Labute approximate surface area is 57.6 Å². The summed E-state index contributed by atoms with van der Waals surface area (Å²) in [4.78, 5) is 10.7. The van der Waals surface area contributed by atoms with Crippen molar-refractivity contribution in [3.05, 3.63) is 31.2 Å². The maximum atomic E-state index is 3.99. The van der Waals surface area contributed by atoms with Gasteiger partial charge in [0.1, 0.15) is 6.33 Å². The third-order valence-electron chi connectivity index (χ3n) is 1.18. The van der Waals surface area contributed by atoms with Crippen LogP contribution in [0.2, 0.25) is 0 Å². The van der Waals surface area contributed by atoms with Crippen LogP contribution in [0.5, 0.6) is 0 Å². The van der Waals surface area contributed by atoms with Crippen LogP contribution in [0.25, 0.3) is 5.82 Å². The van der Waals surface area contributed by atoms with Gasteiger partial charge in [0.25, 0.3) is 0 Å². The van der Waals surface area contributed by atoms with Crippen molar-refractivity contribution in [3.63, 3.8) is 0 Å². The van der Waals surface area contributed by atoms with Gasteiger partial charge in [0.15, 0.2) is 5.82 Å². The van der Waals surface area contributed by atoms with E-state index in [0.29, 0.717) is 0 Å². The Bertz CT molecular complexity index is 249. The van der Waals surface area contributed by atoms with Gasteiger partial charge in [-0.2, -0.15) is 0 Å². The van der Waals surface area contributed by atoms with Crippen LogP contribution in [0.1, 0.15) is 0 Å². The number of nitrogens with one attached hydrogen (secondary N) is 1. The van der Waals surface area contributed by atoms with E-state index in [4.69, 9.17) is 0 Å². The summed E-state index contributed by atoms with van der Waals surface area (Å²) < 4.78 is 1.70. The van der Waals surface area contributed by atoms with Gasteiger partial charge in [-0.3, -0.25) is 4.57 Å². The Morgan fingerprint density at radius 1 is 1.60 bits per heavy atom. The predicted molar refractivity (Wildman–Crippen MR) is 34.5 cm³/mol. The molecule has 0 aliphatic carbocycles. The largest absolute Gasteiger partial charge is 0.349 e. The van der Waals surface area contributed by atoms with Gasteiger partial charge in [0.2, 0.25) is 0 Å². The van der Waals surface area contributed by atoms with E-state index in [9.17, 15) is 0 Å². The number of aromatic nitrogens is 4. The average Bonchev–Trinajstić information content (AvgIpc) is 2.59. The number of hydrogen-bond acceptors (Lipinski definition) is 2. The lowest BCUT2D eigenvalue weighted by Crippen LogP contribution is -1.88. The quantitative estimate of drug-likeness (QED) is 0.611. The fourth-order valence-corrected chi connectivity index (χ4v) is 0.738. The number of imidazole rings is 2. The van der Waals surface area contributed by atoms with E-state index < -0.39 is 0 Å². The van der Waals surface area contributed by atoms with E-state index in [1.54, 1.807) is 29.6 Å². The molecule has 0 spiro atoms. The topological polar surface area (TPSA) is 46.5 Å². The summed E-state index contributed by atoms with van der Waals surface area (Å²) in [7, 11) is 0. The van der Waals surface area contributed by atoms with Crippen LogP contribution in [-0.2, 0) is 0 Å². The fraction of sp³-hybridized carbons (Fsp3) is 0. The zero-order valence-electron chi connectivity index (χ0n) is 5.15. The highest BCUT2D eigenvalue weighted by atomic mass is 15.1. The van der Waals surface area contributed by atoms with Gasteiger partial charge in [0.05, 0.1) is 18.7 Å². The molecule has 0 aliphatic heterocycles. The SMILES string of the molecule is [c]1cncn1-c1c[nH]cn1. The lowest BCUT2D eigenvalue weighted by molar-refractivity contribution is 1.00. The van der Waals surface area contributed by atoms with Crippen molar-refractivity contribution in [1.29, 1.82) is 0 Å². The first-order chi connectivity index (χ1) is 4.97. The third kappa shape index (κ3) is 0.699. The van der Waals surface area contributed by atoms with Crippen LogP contribution in [-0.4, -0.2) is 19.5 Å². The summed E-state index contributed by atoms with van der Waals surface area (Å²) in [6.07, 6.45) is 9.49. The second-order valence-corrected chi connectivity index (χ2v) is 1.82. The van der Waals surface area contributed by atoms with Crippen molar-refractivity contribution in [2.75, 3.05) is 0 Å². The zero-order chi connectivity index (χ0) is 6.81. The molecule has 1 N–H and O–H groups in total. The van der Waals surface area contributed by atoms with Crippen LogP contribution >= 0.6 is 0 Å². The highest BCUT2D eigenvalue weighted by molar-refractivity contribution is 5.15. The molecule has 2 aromatic heterocycles. The second-order valence-electron chi connectivity index (χ2n) is 1.82. The van der Waals surface area contributed by atoms with Crippen molar-refractivity contribution in [1.82, 2.24) is 19.5 Å². The van der Waals surface area contributed by atoms with Crippen molar-refractivity contribution in [2.24, 2.45) is 0 Å². The number of H-pyrrole nitrogens is 1. The van der Waals surface area contributed by atoms with Gasteiger partial charge in [-0.1, -0.05) is 0 Å². The average molecular weight is 133 g/mol. The molecule has 2 aromatic rings. The molecule has 2 rings (SSSR count). The number of nitrogens with zero attached hydrogens (tertiary/aromatic N) is 3. The molecular weight excluding hydrogens is 128 g/mol. The fourth-order valence-electron chi connectivity index (χ4n) is 0.738. The molecule has 2 heterocycles. The summed E-state index contributed by atoms with van der Waals surface area (Å²) in [5.41, 5.74) is 0. The summed E-state index contributed by atoms with van der Waals surface area (Å²) in [6, 6.07) is 0.